The van der Waals surface area contributed by atoms with Gasteiger partial charge < -0.3 is 14.7 Å². The molecule has 2 fully saturated rings. The van der Waals surface area contributed by atoms with Gasteiger partial charge in [0.2, 0.25) is 0 Å². The number of piperidine rings is 1. The van der Waals surface area contributed by atoms with E-state index in [0.29, 0.717) is 29.9 Å². The van der Waals surface area contributed by atoms with Crippen LogP contribution in [-0.2, 0) is 16.6 Å². The minimum atomic E-state index is -0.223. The number of Topliss-reactive ketones (excluding diaryl/α,β-unsaturated/α-hetero) is 1. The van der Waals surface area contributed by atoms with Crippen molar-refractivity contribution in [3.8, 4) is 11.5 Å². The van der Waals surface area contributed by atoms with Crippen molar-refractivity contribution in [2.24, 2.45) is 11.8 Å². The Balaban J connectivity index is 1.99. The molecular formula is C19H25NO3. The Morgan fingerprint density at radius 2 is 2.17 bits per heavy atom. The zero-order valence-electron chi connectivity index (χ0n) is 14.1. The number of phenolic OH excluding ortho intramolecular Hbond substituents is 1. The molecule has 2 aliphatic carbocycles. The fourth-order valence-electron chi connectivity index (χ4n) is 5.67. The molecule has 0 amide bonds. The molecule has 1 saturated carbocycles. The summed E-state index contributed by atoms with van der Waals surface area (Å²) in [4.78, 5) is 15.0. The van der Waals surface area contributed by atoms with Crippen LogP contribution in [0.25, 0.3) is 0 Å². The highest BCUT2D eigenvalue weighted by atomic mass is 16.5. The summed E-state index contributed by atoms with van der Waals surface area (Å²) in [5.41, 5.74) is 1.98. The minimum absolute atomic E-state index is 0.0329. The summed E-state index contributed by atoms with van der Waals surface area (Å²) in [5.74, 6) is 1.55. The van der Waals surface area contributed by atoms with Crippen molar-refractivity contribution in [1.82, 2.24) is 4.90 Å². The highest BCUT2D eigenvalue weighted by Crippen LogP contribution is 2.60. The predicted molar refractivity (Wildman–Crippen MR) is 88.0 cm³/mol. The lowest BCUT2D eigenvalue weighted by Crippen LogP contribution is -2.63. The fraction of sp³-hybridized carbons (Fsp3) is 0.632. The van der Waals surface area contributed by atoms with Crippen LogP contribution in [0, 0.1) is 11.8 Å². The molecule has 3 aliphatic rings. The molecule has 2 bridgehead atoms. The Morgan fingerprint density at radius 3 is 2.91 bits per heavy atom. The van der Waals surface area contributed by atoms with Crippen LogP contribution in [0.4, 0.5) is 0 Å². The van der Waals surface area contributed by atoms with Crippen molar-refractivity contribution in [3.63, 3.8) is 0 Å². The summed E-state index contributed by atoms with van der Waals surface area (Å²) < 4.78 is 5.36. The van der Waals surface area contributed by atoms with Gasteiger partial charge in [-0.05, 0) is 50.4 Å². The van der Waals surface area contributed by atoms with Gasteiger partial charge in [-0.15, -0.1) is 0 Å². The van der Waals surface area contributed by atoms with E-state index in [9.17, 15) is 9.90 Å². The molecule has 4 heteroatoms. The zero-order chi connectivity index (χ0) is 16.4. The van der Waals surface area contributed by atoms with Gasteiger partial charge in [0.1, 0.15) is 5.78 Å². The van der Waals surface area contributed by atoms with Gasteiger partial charge >= 0.3 is 0 Å². The first kappa shape index (κ1) is 15.0. The van der Waals surface area contributed by atoms with E-state index in [1.807, 2.05) is 6.07 Å². The van der Waals surface area contributed by atoms with Crippen molar-refractivity contribution < 1.29 is 14.6 Å². The number of likely N-dealkylation sites (tertiary alicyclic amines) is 1. The number of fused-ring (bicyclic) bond motifs is 1. The summed E-state index contributed by atoms with van der Waals surface area (Å²) in [5, 5.41) is 10.9. The molecule has 0 aromatic heterocycles. The van der Waals surface area contributed by atoms with Gasteiger partial charge in [-0.1, -0.05) is 13.0 Å². The normalized spacial score (nSPS) is 36.3. The second-order valence-corrected chi connectivity index (χ2v) is 7.53. The van der Waals surface area contributed by atoms with Crippen LogP contribution in [0.5, 0.6) is 11.5 Å². The smallest absolute Gasteiger partial charge is 0.161 e. The molecule has 4 rings (SSSR count). The third kappa shape index (κ3) is 1.78. The van der Waals surface area contributed by atoms with Crippen LogP contribution in [0.2, 0.25) is 0 Å². The van der Waals surface area contributed by atoms with E-state index in [1.165, 1.54) is 5.56 Å². The van der Waals surface area contributed by atoms with Crippen molar-refractivity contribution in [1.29, 1.82) is 0 Å². The fourth-order valence-corrected chi connectivity index (χ4v) is 5.67. The Labute approximate surface area is 137 Å². The van der Waals surface area contributed by atoms with Crippen LogP contribution in [-0.4, -0.2) is 42.5 Å². The number of methoxy groups -OCH3 is 1. The molecule has 0 radical (unpaired) electrons. The number of phenols is 1. The Bertz CT molecular complexity index is 671. The Hall–Kier alpha value is -1.55. The highest BCUT2D eigenvalue weighted by molar-refractivity contribution is 5.84. The lowest BCUT2D eigenvalue weighted by atomic mass is 9.48. The number of benzene rings is 1. The van der Waals surface area contributed by atoms with Gasteiger partial charge in [0.05, 0.1) is 7.11 Å². The molecule has 23 heavy (non-hydrogen) atoms. The zero-order valence-corrected chi connectivity index (χ0v) is 14.1. The second kappa shape index (κ2) is 4.97. The molecule has 124 valence electrons. The summed E-state index contributed by atoms with van der Waals surface area (Å²) in [6.07, 6.45) is 3.51. The molecule has 1 N–H and O–H groups in total. The molecule has 1 heterocycles. The van der Waals surface area contributed by atoms with Crippen molar-refractivity contribution in [2.45, 2.75) is 44.1 Å². The molecule has 1 aromatic carbocycles. The van der Waals surface area contributed by atoms with E-state index in [-0.39, 0.29) is 17.1 Å². The number of nitrogens with zero attached hydrogens (tertiary/aromatic N) is 1. The van der Waals surface area contributed by atoms with Crippen LogP contribution < -0.4 is 4.74 Å². The van der Waals surface area contributed by atoms with Gasteiger partial charge in [0.15, 0.2) is 11.5 Å². The van der Waals surface area contributed by atoms with Crippen molar-refractivity contribution >= 4 is 5.78 Å². The number of likely N-dealkylation sites (N-methyl/N-ethyl adjacent to an activating group) is 1. The number of aromatic hydroxyl groups is 1. The lowest BCUT2D eigenvalue weighted by molar-refractivity contribution is -0.134. The molecule has 1 aromatic rings. The van der Waals surface area contributed by atoms with Gasteiger partial charge in [-0.25, -0.2) is 0 Å². The largest absolute Gasteiger partial charge is 0.504 e. The summed E-state index contributed by atoms with van der Waals surface area (Å²) >= 11 is 0. The van der Waals surface area contributed by atoms with Crippen molar-refractivity contribution in [3.05, 3.63) is 23.3 Å². The number of rotatable bonds is 1. The third-order valence-electron chi connectivity index (χ3n) is 6.87. The maximum absolute atomic E-state index is 12.6. The number of carbonyl (C=O) groups is 1. The number of carbonyl (C=O) groups excluding carboxylic acids is 1. The summed E-state index contributed by atoms with van der Waals surface area (Å²) in [6.45, 7) is 3.06. The molecule has 4 nitrogen and oxygen atoms in total. The second-order valence-electron chi connectivity index (χ2n) is 7.53. The summed E-state index contributed by atoms with van der Waals surface area (Å²) in [6, 6.07) is 4.42. The van der Waals surface area contributed by atoms with Gasteiger partial charge in [-0.3, -0.25) is 4.79 Å². The average molecular weight is 315 g/mol. The van der Waals surface area contributed by atoms with E-state index in [0.717, 1.165) is 31.4 Å². The highest BCUT2D eigenvalue weighted by Gasteiger charge is 2.59. The first-order valence-electron chi connectivity index (χ1n) is 8.63. The van der Waals surface area contributed by atoms with E-state index in [1.54, 1.807) is 7.11 Å². The predicted octanol–water partition coefficient (Wildman–Crippen LogP) is 2.51. The minimum Gasteiger partial charge on any atom is -0.504 e. The first-order valence-corrected chi connectivity index (χ1v) is 8.63. The first-order chi connectivity index (χ1) is 11.0. The number of ketones is 1. The standard InChI is InChI=1S/C19H25NO3/c1-11-15(21)6-5-13-14-10-12-4-7-16(23-3)18(22)17(12)19(11,13)8-9-20(14)2/h4,7,11,13-14,22H,5-6,8-10H2,1-3H3/t11?,13-,14+,19-/m1/s1. The topological polar surface area (TPSA) is 49.8 Å². The average Bonchev–Trinajstić information content (AvgIpc) is 2.54. The molecule has 0 spiro atoms. The van der Waals surface area contributed by atoms with Crippen LogP contribution in [0.1, 0.15) is 37.3 Å². The quantitative estimate of drug-likeness (QED) is 0.865. The van der Waals surface area contributed by atoms with Gasteiger partial charge in [-0.2, -0.15) is 0 Å². The van der Waals surface area contributed by atoms with E-state index in [2.05, 4.69) is 24.9 Å². The number of hydrogen-bond donors (Lipinski definition) is 1. The molecule has 1 aliphatic heterocycles. The Kier molecular flexibility index (Phi) is 3.24. The third-order valence-corrected chi connectivity index (χ3v) is 6.87. The summed E-state index contributed by atoms with van der Waals surface area (Å²) in [7, 11) is 3.79. The Morgan fingerprint density at radius 1 is 1.39 bits per heavy atom. The van der Waals surface area contributed by atoms with E-state index < -0.39 is 0 Å². The maximum atomic E-state index is 12.6. The number of ether oxygens (including phenoxy) is 1. The van der Waals surface area contributed by atoms with Gasteiger partial charge in [0.25, 0.3) is 0 Å². The van der Waals surface area contributed by atoms with E-state index >= 15 is 0 Å². The molecule has 1 unspecified atom stereocenters. The van der Waals surface area contributed by atoms with Crippen LogP contribution in [0.3, 0.4) is 0 Å². The van der Waals surface area contributed by atoms with Gasteiger partial charge in [0, 0.05) is 29.4 Å². The van der Waals surface area contributed by atoms with Crippen LogP contribution in [0.15, 0.2) is 12.1 Å². The maximum Gasteiger partial charge on any atom is 0.161 e. The number of hydrogen-bond acceptors (Lipinski definition) is 4. The SMILES string of the molecule is COc1ccc2c(c1O)[C@@]13CCN(C)[C@@H](C2)[C@H]1CCC(=O)C3C. The lowest BCUT2D eigenvalue weighted by Gasteiger charge is -2.60. The molecule has 1 saturated heterocycles. The monoisotopic (exact) mass is 315 g/mol. The van der Waals surface area contributed by atoms with Crippen LogP contribution >= 0.6 is 0 Å². The molecule has 4 atom stereocenters. The van der Waals surface area contributed by atoms with Crippen molar-refractivity contribution in [2.75, 3.05) is 20.7 Å². The molecular weight excluding hydrogens is 290 g/mol. The van der Waals surface area contributed by atoms with E-state index in [4.69, 9.17) is 4.74 Å².